The molecule has 3 aromatic rings. The molecule has 1 amide bonds. The predicted molar refractivity (Wildman–Crippen MR) is 143 cm³/mol. The molecule has 1 aliphatic rings. The van der Waals surface area contributed by atoms with Crippen LogP contribution in [0.1, 0.15) is 18.2 Å². The van der Waals surface area contributed by atoms with Crippen molar-refractivity contribution in [2.75, 3.05) is 5.01 Å². The fourth-order valence-electron chi connectivity index (χ4n) is 3.67. The van der Waals surface area contributed by atoms with Gasteiger partial charge < -0.3 is 5.11 Å². The van der Waals surface area contributed by atoms with Gasteiger partial charge >= 0.3 is 0 Å². The minimum atomic E-state index is -4.36. The lowest BCUT2D eigenvalue weighted by molar-refractivity contribution is -0.114. The van der Waals surface area contributed by atoms with Crippen molar-refractivity contribution in [3.05, 3.63) is 89.7 Å². The third kappa shape index (κ3) is 5.88. The molecule has 0 bridgehead atoms. The molecule has 0 radical (unpaired) electrons. The Balaban J connectivity index is 1.48. The fraction of sp³-hybridized carbons (Fsp3) is 0.0800. The van der Waals surface area contributed by atoms with Crippen LogP contribution in [0.25, 0.3) is 11.8 Å². The molecule has 0 atom stereocenters. The van der Waals surface area contributed by atoms with Crippen molar-refractivity contribution in [2.45, 2.75) is 23.6 Å². The summed E-state index contributed by atoms with van der Waals surface area (Å²) in [4.78, 5) is 12.2. The number of amides is 1. The van der Waals surface area contributed by atoms with Crippen LogP contribution >= 0.6 is 0 Å². The quantitative estimate of drug-likeness (QED) is 0.218. The first-order valence-corrected chi connectivity index (χ1v) is 14.0. The summed E-state index contributed by atoms with van der Waals surface area (Å²) in [7, 11) is -8.70. The van der Waals surface area contributed by atoms with Gasteiger partial charge in [-0.3, -0.25) is 13.9 Å². The van der Waals surface area contributed by atoms with Gasteiger partial charge in [-0.2, -0.15) is 32.0 Å². The van der Waals surface area contributed by atoms with Crippen LogP contribution in [-0.4, -0.2) is 52.4 Å². The van der Waals surface area contributed by atoms with Gasteiger partial charge in [-0.15, -0.1) is 0 Å². The van der Waals surface area contributed by atoms with E-state index in [4.69, 9.17) is 9.11 Å². The molecule has 1 aromatic heterocycles. The number of hydrogen-bond donors (Lipinski definition) is 3. The number of aromatic hydroxyl groups is 1. The van der Waals surface area contributed by atoms with Gasteiger partial charge in [-0.25, -0.2) is 4.68 Å². The van der Waals surface area contributed by atoms with Crippen molar-refractivity contribution in [3.63, 3.8) is 0 Å². The number of carbonyl (C=O) groups excluding carboxylic acids is 1. The number of aryl methyl sites for hydroxylation is 1. The molecule has 0 saturated heterocycles. The van der Waals surface area contributed by atoms with Crippen molar-refractivity contribution >= 4 is 43.6 Å². The first-order chi connectivity index (χ1) is 18.3. The van der Waals surface area contributed by atoms with Gasteiger partial charge in [-0.05, 0) is 74.5 Å². The minimum Gasteiger partial charge on any atom is -0.493 e. The second kappa shape index (κ2) is 10.4. The molecule has 2 aromatic carbocycles. The molecule has 0 unspecified atom stereocenters. The summed E-state index contributed by atoms with van der Waals surface area (Å²) in [6.07, 6.45) is 8.04. The smallest absolute Gasteiger partial charge is 0.294 e. The monoisotopic (exact) mass is 570 g/mol. The minimum absolute atomic E-state index is 0.181. The zero-order valence-corrected chi connectivity index (χ0v) is 22.1. The number of aromatic nitrogens is 2. The van der Waals surface area contributed by atoms with Crippen molar-refractivity contribution < 1.29 is 35.8 Å². The molecule has 0 saturated carbocycles. The number of hydrogen-bond acceptors (Lipinski definition) is 8. The van der Waals surface area contributed by atoms with E-state index in [2.05, 4.69) is 10.2 Å². The van der Waals surface area contributed by atoms with E-state index in [9.17, 15) is 26.7 Å². The molecule has 0 aliphatic carbocycles. The average Bonchev–Trinajstić information content (AvgIpc) is 3.32. The van der Waals surface area contributed by atoms with Crippen LogP contribution in [0.4, 0.5) is 5.69 Å². The Labute approximate surface area is 224 Å². The Kier molecular flexibility index (Phi) is 7.39. The van der Waals surface area contributed by atoms with Crippen LogP contribution in [0.15, 0.2) is 93.3 Å². The Morgan fingerprint density at radius 1 is 0.795 bits per heavy atom. The van der Waals surface area contributed by atoms with Gasteiger partial charge in [0.25, 0.3) is 26.1 Å². The van der Waals surface area contributed by atoms with Crippen LogP contribution in [0, 0.1) is 6.92 Å². The molecule has 12 nitrogen and oxygen atoms in total. The maximum Gasteiger partial charge on any atom is 0.294 e. The molecule has 2 heterocycles. The fourth-order valence-corrected chi connectivity index (χ4v) is 4.63. The first kappa shape index (κ1) is 27.7. The van der Waals surface area contributed by atoms with Gasteiger partial charge in [0.1, 0.15) is 0 Å². The molecule has 14 heteroatoms. The Hall–Kier alpha value is -4.37. The van der Waals surface area contributed by atoms with Crippen molar-refractivity contribution in [1.29, 1.82) is 0 Å². The van der Waals surface area contributed by atoms with E-state index < -0.39 is 26.1 Å². The van der Waals surface area contributed by atoms with Crippen LogP contribution < -0.4 is 5.01 Å². The van der Waals surface area contributed by atoms with Crippen LogP contribution in [0.2, 0.25) is 0 Å². The number of anilines is 1. The lowest BCUT2D eigenvalue weighted by Crippen LogP contribution is -2.21. The topological polar surface area (TPSA) is 179 Å². The Bertz CT molecular complexity index is 1780. The summed E-state index contributed by atoms with van der Waals surface area (Å²) in [6, 6.07) is 10.2. The molecule has 4 rings (SSSR count). The number of rotatable bonds is 7. The number of allylic oxidation sites excluding steroid dienone is 4. The van der Waals surface area contributed by atoms with E-state index in [-0.39, 0.29) is 15.7 Å². The van der Waals surface area contributed by atoms with Gasteiger partial charge in [-0.1, -0.05) is 18.2 Å². The lowest BCUT2D eigenvalue weighted by atomic mass is 10.1. The third-order valence-electron chi connectivity index (χ3n) is 5.65. The molecule has 0 spiro atoms. The molecular formula is C25H22N4O8S2. The highest BCUT2D eigenvalue weighted by molar-refractivity contribution is 7.86. The summed E-state index contributed by atoms with van der Waals surface area (Å²) in [6.45, 7) is 3.33. The van der Waals surface area contributed by atoms with E-state index in [1.54, 1.807) is 44.2 Å². The van der Waals surface area contributed by atoms with Gasteiger partial charge in [0.05, 0.1) is 43.7 Å². The molecular weight excluding hydrogens is 548 g/mol. The van der Waals surface area contributed by atoms with E-state index in [0.29, 0.717) is 33.9 Å². The van der Waals surface area contributed by atoms with Crippen molar-refractivity contribution in [2.24, 2.45) is 5.10 Å². The maximum atomic E-state index is 12.8. The summed E-state index contributed by atoms with van der Waals surface area (Å²) >= 11 is 0. The number of nitrogens with zero attached hydrogens (tertiary/aromatic N) is 4. The zero-order valence-electron chi connectivity index (χ0n) is 20.5. The first-order valence-electron chi connectivity index (χ1n) is 11.2. The van der Waals surface area contributed by atoms with E-state index in [1.165, 1.54) is 53.2 Å². The second-order valence-corrected chi connectivity index (χ2v) is 11.1. The Morgan fingerprint density at radius 2 is 1.33 bits per heavy atom. The molecule has 202 valence electrons. The lowest BCUT2D eigenvalue weighted by Gasteiger charge is -2.11. The highest BCUT2D eigenvalue weighted by Gasteiger charge is 2.28. The van der Waals surface area contributed by atoms with Crippen molar-refractivity contribution in [1.82, 2.24) is 9.78 Å². The van der Waals surface area contributed by atoms with Gasteiger partial charge in [0, 0.05) is 0 Å². The maximum absolute atomic E-state index is 12.8. The Morgan fingerprint density at radius 3 is 1.87 bits per heavy atom. The second-order valence-electron chi connectivity index (χ2n) is 8.30. The van der Waals surface area contributed by atoms with Gasteiger partial charge in [0.15, 0.2) is 0 Å². The standard InChI is InChI=1S/C25H22N4O8S2/c1-16-22(24(30)28(26-16)18-8-12-20(13-9-18)38(32,33)34)6-4-3-5-7-23-17(2)27-29(25(23)31)19-10-14-21(15-11-19)39(35,36)37/h3-15,30H,1-2H3,(H,32,33,34)(H,35,36,37)/b5-3+,6-4+,23-7+. The van der Waals surface area contributed by atoms with Gasteiger partial charge in [0.2, 0.25) is 5.88 Å². The van der Waals surface area contributed by atoms with E-state index >= 15 is 0 Å². The normalized spacial score (nSPS) is 15.7. The molecule has 1 aliphatic heterocycles. The summed E-state index contributed by atoms with van der Waals surface area (Å²) in [5, 5.41) is 20.2. The average molecular weight is 571 g/mol. The van der Waals surface area contributed by atoms with E-state index in [1.807, 2.05) is 0 Å². The van der Waals surface area contributed by atoms with Crippen LogP contribution in [-0.2, 0) is 25.0 Å². The van der Waals surface area contributed by atoms with Crippen LogP contribution in [0.3, 0.4) is 0 Å². The molecule has 39 heavy (non-hydrogen) atoms. The highest BCUT2D eigenvalue weighted by Crippen LogP contribution is 2.27. The largest absolute Gasteiger partial charge is 0.493 e. The highest BCUT2D eigenvalue weighted by atomic mass is 32.2. The van der Waals surface area contributed by atoms with Crippen LogP contribution in [0.5, 0.6) is 5.88 Å². The predicted octanol–water partition coefficient (Wildman–Crippen LogP) is 3.30. The summed E-state index contributed by atoms with van der Waals surface area (Å²) < 4.78 is 64.4. The third-order valence-corrected chi connectivity index (χ3v) is 7.39. The van der Waals surface area contributed by atoms with Crippen molar-refractivity contribution in [3.8, 4) is 11.6 Å². The summed E-state index contributed by atoms with van der Waals surface area (Å²) in [5.41, 5.74) is 2.39. The molecule has 0 fully saturated rings. The number of benzene rings is 2. The number of hydrazone groups is 1. The van der Waals surface area contributed by atoms with E-state index in [0.717, 1.165) is 5.01 Å². The zero-order chi connectivity index (χ0) is 28.5. The SMILES string of the molecule is CC1=NN(c2ccc(S(=O)(=O)O)cc2)C(=O)/C1=C/C=C/C=C/c1c(C)nn(-c2ccc(S(=O)(=O)O)cc2)c1O. The number of carbonyl (C=O) groups is 1. The summed E-state index contributed by atoms with van der Waals surface area (Å²) in [5.74, 6) is -0.602. The molecule has 3 N–H and O–H groups in total.